The highest BCUT2D eigenvalue weighted by Crippen LogP contribution is 2.38. The van der Waals surface area contributed by atoms with Gasteiger partial charge in [-0.15, -0.1) is 0 Å². The third kappa shape index (κ3) is 2.52. The average Bonchev–Trinajstić information content (AvgIpc) is 3.07. The first kappa shape index (κ1) is 14.4. The second kappa shape index (κ2) is 4.76. The van der Waals surface area contributed by atoms with Crippen molar-refractivity contribution in [3.63, 3.8) is 0 Å². The van der Waals surface area contributed by atoms with Crippen LogP contribution < -0.4 is 5.46 Å². The maximum absolute atomic E-state index is 6.44. The van der Waals surface area contributed by atoms with Crippen molar-refractivity contribution in [3.8, 4) is 0 Å². The molecule has 0 spiro atoms. The smallest absolute Gasteiger partial charge is 0.399 e. The Morgan fingerprint density at radius 1 is 1.15 bits per heavy atom. The Kier molecular flexibility index (Phi) is 3.43. The quantitative estimate of drug-likeness (QED) is 0.793. The summed E-state index contributed by atoms with van der Waals surface area (Å²) < 4.78 is 12.3. The summed E-state index contributed by atoms with van der Waals surface area (Å²) in [5.41, 5.74) is 1.65. The normalized spacial score (nSPS) is 24.1. The molecule has 2 fully saturated rings. The summed E-state index contributed by atoms with van der Waals surface area (Å²) >= 11 is 6.44. The van der Waals surface area contributed by atoms with Crippen molar-refractivity contribution in [3.05, 3.63) is 28.8 Å². The molecule has 0 aromatic heterocycles. The summed E-state index contributed by atoms with van der Waals surface area (Å²) in [5.74, 6) is 0.814. The first-order chi connectivity index (χ1) is 9.30. The molecule has 3 rings (SSSR count). The van der Waals surface area contributed by atoms with Crippen LogP contribution in [0.5, 0.6) is 0 Å². The second-order valence-corrected chi connectivity index (χ2v) is 7.46. The van der Waals surface area contributed by atoms with Crippen LogP contribution in [0.15, 0.2) is 18.2 Å². The lowest BCUT2D eigenvalue weighted by Crippen LogP contribution is -2.41. The highest BCUT2D eigenvalue weighted by molar-refractivity contribution is 6.66. The van der Waals surface area contributed by atoms with E-state index in [0.717, 1.165) is 22.8 Å². The van der Waals surface area contributed by atoms with Crippen LogP contribution in [0.4, 0.5) is 0 Å². The maximum Gasteiger partial charge on any atom is 0.496 e. The lowest BCUT2D eigenvalue weighted by Gasteiger charge is -2.32. The fourth-order valence-corrected chi connectivity index (χ4v) is 2.90. The molecule has 1 aliphatic carbocycles. The third-order valence-corrected chi connectivity index (χ3v) is 5.17. The van der Waals surface area contributed by atoms with Crippen molar-refractivity contribution in [1.29, 1.82) is 0 Å². The molecule has 1 saturated heterocycles. The van der Waals surface area contributed by atoms with Gasteiger partial charge >= 0.3 is 7.12 Å². The minimum Gasteiger partial charge on any atom is -0.399 e. The van der Waals surface area contributed by atoms with Crippen LogP contribution in [0.2, 0.25) is 5.02 Å². The molecule has 108 valence electrons. The molecule has 0 unspecified atom stereocenters. The fraction of sp³-hybridized carbons (Fsp3) is 0.625. The number of hydrogen-bond donors (Lipinski definition) is 0. The molecule has 0 radical (unpaired) electrons. The monoisotopic (exact) mass is 292 g/mol. The highest BCUT2D eigenvalue weighted by atomic mass is 35.5. The van der Waals surface area contributed by atoms with Crippen molar-refractivity contribution < 1.29 is 9.31 Å². The van der Waals surface area contributed by atoms with Crippen molar-refractivity contribution >= 4 is 24.2 Å². The highest BCUT2D eigenvalue weighted by Gasteiger charge is 2.52. The van der Waals surface area contributed by atoms with Crippen LogP contribution in [-0.2, 0) is 15.7 Å². The predicted octanol–water partition coefficient (Wildman–Crippen LogP) is 3.59. The third-order valence-electron chi connectivity index (χ3n) is 4.84. The van der Waals surface area contributed by atoms with Gasteiger partial charge in [0, 0.05) is 10.5 Å². The molecular weight excluding hydrogens is 270 g/mol. The standard InChI is InChI=1S/C16H22BClO2/c1-15(2)16(3,4)20-17(19-15)14-12(10-11-8-9-11)6-5-7-13(14)18/h5-7,11H,8-10H2,1-4H3. The van der Waals surface area contributed by atoms with E-state index in [1.165, 1.54) is 18.4 Å². The zero-order valence-corrected chi connectivity index (χ0v) is 13.5. The van der Waals surface area contributed by atoms with Gasteiger partial charge in [0.25, 0.3) is 0 Å². The number of hydrogen-bond acceptors (Lipinski definition) is 2. The number of benzene rings is 1. The van der Waals surface area contributed by atoms with Crippen molar-refractivity contribution in [1.82, 2.24) is 0 Å². The van der Waals surface area contributed by atoms with E-state index in [4.69, 9.17) is 20.9 Å². The summed E-state index contributed by atoms with van der Waals surface area (Å²) in [6.45, 7) is 8.30. The van der Waals surface area contributed by atoms with E-state index >= 15 is 0 Å². The van der Waals surface area contributed by atoms with Gasteiger partial charge in [-0.05, 0) is 64.5 Å². The van der Waals surface area contributed by atoms with Crippen LogP contribution >= 0.6 is 11.6 Å². The molecule has 0 N–H and O–H groups in total. The van der Waals surface area contributed by atoms with Gasteiger partial charge in [-0.3, -0.25) is 0 Å². The molecule has 0 amide bonds. The number of halogens is 1. The van der Waals surface area contributed by atoms with Gasteiger partial charge in [0.1, 0.15) is 0 Å². The summed E-state index contributed by atoms with van der Waals surface area (Å²) in [7, 11) is -0.359. The molecule has 0 bridgehead atoms. The zero-order valence-electron chi connectivity index (χ0n) is 12.7. The second-order valence-electron chi connectivity index (χ2n) is 7.05. The Balaban J connectivity index is 1.94. The first-order valence-corrected chi connectivity index (χ1v) is 7.81. The fourth-order valence-electron chi connectivity index (χ4n) is 2.62. The lowest BCUT2D eigenvalue weighted by molar-refractivity contribution is 0.00578. The molecule has 1 aromatic carbocycles. The van der Waals surface area contributed by atoms with Gasteiger partial charge in [-0.1, -0.05) is 23.7 Å². The van der Waals surface area contributed by atoms with E-state index in [2.05, 4.69) is 33.8 Å². The largest absolute Gasteiger partial charge is 0.496 e. The van der Waals surface area contributed by atoms with Crippen LogP contribution in [0, 0.1) is 5.92 Å². The van der Waals surface area contributed by atoms with E-state index < -0.39 is 0 Å². The number of rotatable bonds is 3. The van der Waals surface area contributed by atoms with Crippen molar-refractivity contribution in [2.24, 2.45) is 5.92 Å². The van der Waals surface area contributed by atoms with E-state index in [1.807, 2.05) is 12.1 Å². The zero-order chi connectivity index (χ0) is 14.5. The summed E-state index contributed by atoms with van der Waals surface area (Å²) in [6, 6.07) is 6.11. The molecule has 4 heteroatoms. The van der Waals surface area contributed by atoms with E-state index in [1.54, 1.807) is 0 Å². The van der Waals surface area contributed by atoms with Crippen molar-refractivity contribution in [2.75, 3.05) is 0 Å². The van der Waals surface area contributed by atoms with Gasteiger partial charge < -0.3 is 9.31 Å². The molecular formula is C16H22BClO2. The molecule has 1 aromatic rings. The average molecular weight is 293 g/mol. The minimum atomic E-state index is -0.359. The summed E-state index contributed by atoms with van der Waals surface area (Å²) in [5, 5.41) is 0.752. The molecule has 1 heterocycles. The molecule has 1 aliphatic heterocycles. The predicted molar refractivity (Wildman–Crippen MR) is 83.6 cm³/mol. The Bertz CT molecular complexity index is 507. The lowest BCUT2D eigenvalue weighted by atomic mass is 9.75. The molecule has 0 atom stereocenters. The topological polar surface area (TPSA) is 18.5 Å². The molecule has 2 nitrogen and oxygen atoms in total. The van der Waals surface area contributed by atoms with E-state index in [0.29, 0.717) is 0 Å². The van der Waals surface area contributed by atoms with Gasteiger partial charge in [0.2, 0.25) is 0 Å². The van der Waals surface area contributed by atoms with Gasteiger partial charge in [-0.25, -0.2) is 0 Å². The summed E-state index contributed by atoms with van der Waals surface area (Å²) in [4.78, 5) is 0. The van der Waals surface area contributed by atoms with Crippen LogP contribution in [0.3, 0.4) is 0 Å². The van der Waals surface area contributed by atoms with E-state index in [9.17, 15) is 0 Å². The summed E-state index contributed by atoms with van der Waals surface area (Å²) in [6.07, 6.45) is 3.74. The van der Waals surface area contributed by atoms with Gasteiger partial charge in [0.05, 0.1) is 11.2 Å². The van der Waals surface area contributed by atoms with Crippen LogP contribution in [-0.4, -0.2) is 18.3 Å². The van der Waals surface area contributed by atoms with Gasteiger partial charge in [0.15, 0.2) is 0 Å². The van der Waals surface area contributed by atoms with E-state index in [-0.39, 0.29) is 18.3 Å². The Morgan fingerprint density at radius 2 is 1.75 bits per heavy atom. The Morgan fingerprint density at radius 3 is 2.30 bits per heavy atom. The SMILES string of the molecule is CC1(C)OB(c2c(Cl)cccc2CC2CC2)OC1(C)C. The molecule has 2 aliphatic rings. The van der Waals surface area contributed by atoms with Crippen molar-refractivity contribution in [2.45, 2.75) is 58.2 Å². The Hall–Kier alpha value is -0.505. The van der Waals surface area contributed by atoms with Gasteiger partial charge in [-0.2, -0.15) is 0 Å². The van der Waals surface area contributed by atoms with Crippen LogP contribution in [0.1, 0.15) is 46.1 Å². The maximum atomic E-state index is 6.44. The molecule has 20 heavy (non-hydrogen) atoms. The van der Waals surface area contributed by atoms with Crippen LogP contribution in [0.25, 0.3) is 0 Å². The minimum absolute atomic E-state index is 0.326. The molecule has 1 saturated carbocycles. The first-order valence-electron chi connectivity index (χ1n) is 7.43. The Labute approximate surface area is 126 Å².